The van der Waals surface area contributed by atoms with E-state index in [9.17, 15) is 4.79 Å². The van der Waals surface area contributed by atoms with E-state index < -0.39 is 0 Å². The van der Waals surface area contributed by atoms with Crippen LogP contribution in [-0.4, -0.2) is 27.1 Å². The molecule has 28 heavy (non-hydrogen) atoms. The van der Waals surface area contributed by atoms with Crippen molar-refractivity contribution in [2.75, 3.05) is 12.3 Å². The van der Waals surface area contributed by atoms with Crippen LogP contribution < -0.4 is 5.73 Å². The Balaban J connectivity index is 1.93. The van der Waals surface area contributed by atoms with Gasteiger partial charge in [0.15, 0.2) is 0 Å². The molecule has 0 fully saturated rings. The van der Waals surface area contributed by atoms with Crippen molar-refractivity contribution in [3.8, 4) is 11.4 Å². The summed E-state index contributed by atoms with van der Waals surface area (Å²) < 4.78 is 9.09. The number of rotatable bonds is 4. The van der Waals surface area contributed by atoms with Crippen LogP contribution in [0.5, 0.6) is 0 Å². The number of halogens is 2. The van der Waals surface area contributed by atoms with Gasteiger partial charge in [-0.1, -0.05) is 28.1 Å². The number of carbonyl (C=O) groups is 1. The number of ether oxygens (including phenoxy) is 1. The van der Waals surface area contributed by atoms with E-state index in [1.54, 1.807) is 13.1 Å². The van der Waals surface area contributed by atoms with Gasteiger partial charge >= 0.3 is 5.97 Å². The fraction of sp³-hybridized carbons (Fsp3) is 0.250. The molecular weight excluding hydrogens is 488 g/mol. The maximum atomic E-state index is 12.8. The molecule has 2 heterocycles. The van der Waals surface area contributed by atoms with E-state index in [2.05, 4.69) is 41.8 Å². The first-order valence-electron chi connectivity index (χ1n) is 8.93. The summed E-state index contributed by atoms with van der Waals surface area (Å²) in [4.78, 5) is 21.4. The van der Waals surface area contributed by atoms with Gasteiger partial charge in [0.25, 0.3) is 0 Å². The smallest absolute Gasteiger partial charge is 0.356 e. The SMILES string of the molecule is CCOC(=O)c1c(Br)c2c(n1Cc1ccc(Br)cc1)-c1nc(N)ncc1CC2. The van der Waals surface area contributed by atoms with Crippen molar-refractivity contribution in [2.24, 2.45) is 0 Å². The highest BCUT2D eigenvalue weighted by molar-refractivity contribution is 9.10. The topological polar surface area (TPSA) is 83.0 Å². The molecular formula is C20H18Br2N4O2. The molecule has 2 aromatic heterocycles. The lowest BCUT2D eigenvalue weighted by atomic mass is 9.95. The molecule has 0 saturated heterocycles. The fourth-order valence-corrected chi connectivity index (χ4v) is 4.56. The van der Waals surface area contributed by atoms with Crippen LogP contribution in [0.1, 0.15) is 34.1 Å². The summed E-state index contributed by atoms with van der Waals surface area (Å²) in [5, 5.41) is 0. The highest BCUT2D eigenvalue weighted by atomic mass is 79.9. The molecule has 0 aliphatic heterocycles. The monoisotopic (exact) mass is 504 g/mol. The second-order valence-corrected chi connectivity index (χ2v) is 8.23. The van der Waals surface area contributed by atoms with Crippen molar-refractivity contribution < 1.29 is 9.53 Å². The number of fused-ring (bicyclic) bond motifs is 3. The van der Waals surface area contributed by atoms with Crippen LogP contribution in [0, 0.1) is 0 Å². The Labute approximate surface area is 179 Å². The molecule has 0 amide bonds. The van der Waals surface area contributed by atoms with Gasteiger partial charge in [0, 0.05) is 17.2 Å². The zero-order valence-corrected chi connectivity index (χ0v) is 18.4. The van der Waals surface area contributed by atoms with Gasteiger partial charge in [0.05, 0.1) is 22.5 Å². The summed E-state index contributed by atoms with van der Waals surface area (Å²) in [6.45, 7) is 2.63. The van der Waals surface area contributed by atoms with E-state index in [1.165, 1.54) is 0 Å². The molecule has 6 nitrogen and oxygen atoms in total. The van der Waals surface area contributed by atoms with Crippen molar-refractivity contribution in [3.05, 3.63) is 61.8 Å². The van der Waals surface area contributed by atoms with Crippen LogP contribution in [0.3, 0.4) is 0 Å². The molecule has 8 heteroatoms. The summed E-state index contributed by atoms with van der Waals surface area (Å²) in [5.41, 5.74) is 11.2. The first kappa shape index (κ1) is 19.1. The van der Waals surface area contributed by atoms with Crippen molar-refractivity contribution >= 4 is 43.8 Å². The number of hydrogen-bond donors (Lipinski definition) is 1. The van der Waals surface area contributed by atoms with E-state index in [4.69, 9.17) is 10.5 Å². The van der Waals surface area contributed by atoms with Crippen molar-refractivity contribution in [1.29, 1.82) is 0 Å². The lowest BCUT2D eigenvalue weighted by Crippen LogP contribution is -2.16. The second-order valence-electron chi connectivity index (χ2n) is 6.52. The minimum Gasteiger partial charge on any atom is -0.461 e. The van der Waals surface area contributed by atoms with Crippen LogP contribution in [0.2, 0.25) is 0 Å². The third-order valence-electron chi connectivity index (χ3n) is 4.77. The second kappa shape index (κ2) is 7.67. The van der Waals surface area contributed by atoms with Gasteiger partial charge in [0.2, 0.25) is 5.95 Å². The Morgan fingerprint density at radius 3 is 2.71 bits per heavy atom. The van der Waals surface area contributed by atoms with E-state index in [0.717, 1.165) is 49.9 Å². The van der Waals surface area contributed by atoms with E-state index >= 15 is 0 Å². The molecule has 1 aromatic carbocycles. The van der Waals surface area contributed by atoms with Crippen molar-refractivity contribution in [3.63, 3.8) is 0 Å². The summed E-state index contributed by atoms with van der Waals surface area (Å²) in [7, 11) is 0. The largest absolute Gasteiger partial charge is 0.461 e. The standard InChI is InChI=1S/C20H18Br2N4O2/c1-2-28-19(27)18-15(22)14-8-5-12-9-24-20(23)25-16(12)17(14)26(18)10-11-3-6-13(21)7-4-11/h3-4,6-7,9H,2,5,8,10H2,1H3,(H2,23,24,25). The molecule has 144 valence electrons. The molecule has 0 unspecified atom stereocenters. The number of aromatic nitrogens is 3. The fourth-order valence-electron chi connectivity index (χ4n) is 3.54. The predicted molar refractivity (Wildman–Crippen MR) is 114 cm³/mol. The van der Waals surface area contributed by atoms with Crippen LogP contribution in [0.15, 0.2) is 39.4 Å². The van der Waals surface area contributed by atoms with E-state index in [-0.39, 0.29) is 11.9 Å². The van der Waals surface area contributed by atoms with Gasteiger partial charge in [-0.25, -0.2) is 14.8 Å². The molecule has 0 bridgehead atoms. The molecule has 1 aliphatic carbocycles. The Kier molecular flexibility index (Phi) is 5.25. The Hall–Kier alpha value is -2.19. The molecule has 1 aliphatic rings. The molecule has 2 N–H and O–H groups in total. The van der Waals surface area contributed by atoms with Gasteiger partial charge < -0.3 is 15.0 Å². The third-order valence-corrected chi connectivity index (χ3v) is 6.16. The highest BCUT2D eigenvalue weighted by Gasteiger charge is 2.31. The number of carbonyl (C=O) groups excluding carboxylic acids is 1. The van der Waals surface area contributed by atoms with Gasteiger partial charge in [0.1, 0.15) is 5.69 Å². The number of nitrogens with two attached hydrogens (primary N) is 1. The van der Waals surface area contributed by atoms with Gasteiger partial charge in [-0.05, 0) is 64.5 Å². The molecule has 0 saturated carbocycles. The number of hydrogen-bond acceptors (Lipinski definition) is 5. The first-order valence-corrected chi connectivity index (χ1v) is 10.5. The molecule has 4 rings (SSSR count). The quantitative estimate of drug-likeness (QED) is 0.532. The number of anilines is 1. The zero-order chi connectivity index (χ0) is 19.8. The number of esters is 1. The van der Waals surface area contributed by atoms with Gasteiger partial charge in [-0.2, -0.15) is 0 Å². The Bertz CT molecular complexity index is 1060. The highest BCUT2D eigenvalue weighted by Crippen LogP contribution is 2.41. The zero-order valence-electron chi connectivity index (χ0n) is 15.2. The van der Waals surface area contributed by atoms with Crippen LogP contribution >= 0.6 is 31.9 Å². The summed E-state index contributed by atoms with van der Waals surface area (Å²) in [6.07, 6.45) is 3.36. The number of nitrogens with zero attached hydrogens (tertiary/aromatic N) is 3. The van der Waals surface area contributed by atoms with Crippen LogP contribution in [0.25, 0.3) is 11.4 Å². The lowest BCUT2D eigenvalue weighted by molar-refractivity contribution is 0.0513. The first-order chi connectivity index (χ1) is 13.5. The minimum atomic E-state index is -0.357. The van der Waals surface area contributed by atoms with Crippen molar-refractivity contribution in [2.45, 2.75) is 26.3 Å². The number of benzene rings is 1. The molecule has 0 radical (unpaired) electrons. The maximum absolute atomic E-state index is 12.8. The maximum Gasteiger partial charge on any atom is 0.356 e. The van der Waals surface area contributed by atoms with Gasteiger partial charge in [-0.15, -0.1) is 0 Å². The number of nitrogen functional groups attached to an aromatic ring is 1. The Morgan fingerprint density at radius 2 is 2.00 bits per heavy atom. The summed E-state index contributed by atoms with van der Waals surface area (Å²) in [6, 6.07) is 8.02. The summed E-state index contributed by atoms with van der Waals surface area (Å²) in [5.74, 6) is -0.138. The minimum absolute atomic E-state index is 0.219. The molecule has 3 aromatic rings. The van der Waals surface area contributed by atoms with Crippen LogP contribution in [0.4, 0.5) is 5.95 Å². The normalized spacial score (nSPS) is 12.4. The number of aryl methyl sites for hydroxylation is 1. The van der Waals surface area contributed by atoms with E-state index in [1.807, 2.05) is 28.8 Å². The predicted octanol–water partition coefficient (Wildman–Crippen LogP) is 4.38. The van der Waals surface area contributed by atoms with E-state index in [0.29, 0.717) is 18.8 Å². The average molecular weight is 506 g/mol. The third kappa shape index (κ3) is 3.35. The molecule has 0 atom stereocenters. The van der Waals surface area contributed by atoms with Crippen LogP contribution in [-0.2, 0) is 24.1 Å². The summed E-state index contributed by atoms with van der Waals surface area (Å²) >= 11 is 7.11. The lowest BCUT2D eigenvalue weighted by Gasteiger charge is -2.19. The Morgan fingerprint density at radius 1 is 1.25 bits per heavy atom. The molecule has 0 spiro atoms. The van der Waals surface area contributed by atoms with Crippen molar-refractivity contribution in [1.82, 2.24) is 14.5 Å². The average Bonchev–Trinajstić information content (AvgIpc) is 2.96. The van der Waals surface area contributed by atoms with Gasteiger partial charge in [-0.3, -0.25) is 0 Å².